The monoisotopic (exact) mass is 265 g/mol. The quantitative estimate of drug-likeness (QED) is 0.895. The fourth-order valence-electron chi connectivity index (χ4n) is 2.91. The van der Waals surface area contributed by atoms with Gasteiger partial charge in [-0.25, -0.2) is 0 Å². The van der Waals surface area contributed by atoms with Gasteiger partial charge in [-0.15, -0.1) is 0 Å². The van der Waals surface area contributed by atoms with Crippen LogP contribution in [0.1, 0.15) is 41.0 Å². The van der Waals surface area contributed by atoms with Gasteiger partial charge in [0.1, 0.15) is 0 Å². The lowest BCUT2D eigenvalue weighted by Gasteiger charge is -2.32. The van der Waals surface area contributed by atoms with Crippen molar-refractivity contribution in [2.45, 2.75) is 33.1 Å². The van der Waals surface area contributed by atoms with E-state index in [0.717, 1.165) is 49.3 Å². The van der Waals surface area contributed by atoms with Crippen LogP contribution in [0.15, 0.2) is 0 Å². The highest BCUT2D eigenvalue weighted by Crippen LogP contribution is 2.23. The molecule has 0 spiro atoms. The Morgan fingerprint density at radius 2 is 2.21 bits per heavy atom. The fraction of sp³-hybridized carbons (Fsp3) is 0.714. The number of aryl methyl sites for hydroxylation is 2. The molecule has 106 valence electrons. The zero-order valence-corrected chi connectivity index (χ0v) is 12.0. The molecule has 0 aromatic carbocycles. The van der Waals surface area contributed by atoms with Gasteiger partial charge in [0, 0.05) is 32.4 Å². The highest BCUT2D eigenvalue weighted by atomic mass is 16.3. The summed E-state index contributed by atoms with van der Waals surface area (Å²) in [6, 6.07) is 0. The van der Waals surface area contributed by atoms with Gasteiger partial charge in [0.05, 0.1) is 11.3 Å². The largest absolute Gasteiger partial charge is 0.396 e. The second-order valence-electron chi connectivity index (χ2n) is 5.44. The van der Waals surface area contributed by atoms with Crippen LogP contribution in [0, 0.1) is 19.8 Å². The van der Waals surface area contributed by atoms with Crippen molar-refractivity contribution in [3.05, 3.63) is 17.0 Å². The Morgan fingerprint density at radius 1 is 1.47 bits per heavy atom. The van der Waals surface area contributed by atoms with E-state index in [1.165, 1.54) is 0 Å². The number of aliphatic hydroxyl groups is 1. The van der Waals surface area contributed by atoms with E-state index in [-0.39, 0.29) is 12.5 Å². The van der Waals surface area contributed by atoms with E-state index in [0.29, 0.717) is 5.92 Å². The molecule has 2 heterocycles. The molecule has 19 heavy (non-hydrogen) atoms. The normalized spacial score (nSPS) is 19.8. The molecule has 1 aromatic heterocycles. The minimum Gasteiger partial charge on any atom is -0.396 e. The van der Waals surface area contributed by atoms with Crippen molar-refractivity contribution in [3.8, 4) is 0 Å². The molecule has 2 rings (SSSR count). The number of piperidine rings is 1. The molecule has 1 aliphatic heterocycles. The van der Waals surface area contributed by atoms with E-state index in [1.54, 1.807) is 4.68 Å². The maximum atomic E-state index is 12.6. The first kappa shape index (κ1) is 14.1. The zero-order valence-electron chi connectivity index (χ0n) is 12.0. The molecule has 1 N–H and O–H groups in total. The summed E-state index contributed by atoms with van der Waals surface area (Å²) < 4.78 is 1.76. The number of aliphatic hydroxyl groups excluding tert-OH is 1. The number of hydrogen-bond donors (Lipinski definition) is 1. The average Bonchev–Trinajstić information content (AvgIpc) is 2.63. The van der Waals surface area contributed by atoms with Gasteiger partial charge in [0.2, 0.25) is 0 Å². The molecule has 1 amide bonds. The van der Waals surface area contributed by atoms with E-state index < -0.39 is 0 Å². The minimum absolute atomic E-state index is 0.0886. The second kappa shape index (κ2) is 5.74. The minimum atomic E-state index is 0.0886. The number of aromatic nitrogens is 2. The van der Waals surface area contributed by atoms with Crippen LogP contribution in [-0.4, -0.2) is 45.4 Å². The summed E-state index contributed by atoms with van der Waals surface area (Å²) in [7, 11) is 1.86. The number of rotatable bonds is 3. The zero-order chi connectivity index (χ0) is 14.0. The lowest BCUT2D eigenvalue weighted by Crippen LogP contribution is -2.40. The molecule has 5 nitrogen and oxygen atoms in total. The molecule has 1 aliphatic rings. The van der Waals surface area contributed by atoms with Crippen molar-refractivity contribution in [1.82, 2.24) is 14.7 Å². The third kappa shape index (κ3) is 2.81. The summed E-state index contributed by atoms with van der Waals surface area (Å²) in [5, 5.41) is 13.3. The van der Waals surface area contributed by atoms with Crippen LogP contribution in [0.25, 0.3) is 0 Å². The van der Waals surface area contributed by atoms with Crippen molar-refractivity contribution in [3.63, 3.8) is 0 Å². The van der Waals surface area contributed by atoms with Gasteiger partial charge in [0.25, 0.3) is 5.91 Å². The number of likely N-dealkylation sites (tertiary alicyclic amines) is 1. The molecule has 1 unspecified atom stereocenters. The third-order valence-corrected chi connectivity index (χ3v) is 4.07. The van der Waals surface area contributed by atoms with Crippen molar-refractivity contribution in [2.75, 3.05) is 19.7 Å². The van der Waals surface area contributed by atoms with Gasteiger partial charge in [-0.3, -0.25) is 9.48 Å². The summed E-state index contributed by atoms with van der Waals surface area (Å²) in [5.74, 6) is 0.519. The predicted octanol–water partition coefficient (Wildman–Crippen LogP) is 1.27. The fourth-order valence-corrected chi connectivity index (χ4v) is 2.91. The molecule has 1 saturated heterocycles. The van der Waals surface area contributed by atoms with Gasteiger partial charge < -0.3 is 10.0 Å². The van der Waals surface area contributed by atoms with Gasteiger partial charge >= 0.3 is 0 Å². The van der Waals surface area contributed by atoms with Crippen molar-refractivity contribution in [1.29, 1.82) is 0 Å². The summed E-state index contributed by atoms with van der Waals surface area (Å²) in [4.78, 5) is 14.5. The van der Waals surface area contributed by atoms with E-state index in [2.05, 4.69) is 5.10 Å². The van der Waals surface area contributed by atoms with Gasteiger partial charge in [-0.2, -0.15) is 5.10 Å². The molecular weight excluding hydrogens is 242 g/mol. The Morgan fingerprint density at radius 3 is 2.79 bits per heavy atom. The molecule has 0 bridgehead atoms. The summed E-state index contributed by atoms with van der Waals surface area (Å²) in [6.45, 7) is 5.59. The van der Waals surface area contributed by atoms with Gasteiger partial charge in [-0.1, -0.05) is 0 Å². The molecule has 1 aromatic rings. The lowest BCUT2D eigenvalue weighted by atomic mass is 9.94. The first-order chi connectivity index (χ1) is 9.04. The van der Waals surface area contributed by atoms with E-state index >= 15 is 0 Å². The molecule has 5 heteroatoms. The molecule has 1 fully saturated rings. The smallest absolute Gasteiger partial charge is 0.257 e. The van der Waals surface area contributed by atoms with Crippen LogP contribution in [0.4, 0.5) is 0 Å². The number of amides is 1. The Balaban J connectivity index is 2.15. The van der Waals surface area contributed by atoms with Crippen LogP contribution in [-0.2, 0) is 7.05 Å². The van der Waals surface area contributed by atoms with Gasteiger partial charge in [-0.05, 0) is 39.0 Å². The molecule has 0 saturated carbocycles. The molecule has 1 atom stereocenters. The van der Waals surface area contributed by atoms with Crippen molar-refractivity contribution >= 4 is 5.91 Å². The van der Waals surface area contributed by atoms with Crippen molar-refractivity contribution < 1.29 is 9.90 Å². The second-order valence-corrected chi connectivity index (χ2v) is 5.44. The summed E-state index contributed by atoms with van der Waals surface area (Å²) in [6.07, 6.45) is 2.92. The number of carbonyl (C=O) groups is 1. The summed E-state index contributed by atoms with van der Waals surface area (Å²) in [5.41, 5.74) is 2.47. The number of hydrogen-bond acceptors (Lipinski definition) is 3. The predicted molar refractivity (Wildman–Crippen MR) is 73.0 cm³/mol. The maximum Gasteiger partial charge on any atom is 0.257 e. The van der Waals surface area contributed by atoms with Crippen LogP contribution >= 0.6 is 0 Å². The van der Waals surface area contributed by atoms with Crippen molar-refractivity contribution in [2.24, 2.45) is 13.0 Å². The maximum absolute atomic E-state index is 12.6. The average molecular weight is 265 g/mol. The first-order valence-electron chi connectivity index (χ1n) is 6.95. The van der Waals surface area contributed by atoms with E-state index in [9.17, 15) is 4.79 Å². The molecule has 0 aliphatic carbocycles. The number of nitrogens with zero attached hydrogens (tertiary/aromatic N) is 3. The SMILES string of the molecule is Cc1nn(C)c(C)c1C(=O)N1CCCC(CCO)C1. The van der Waals surface area contributed by atoms with Crippen LogP contribution < -0.4 is 0 Å². The van der Waals surface area contributed by atoms with E-state index in [1.807, 2.05) is 25.8 Å². The highest BCUT2D eigenvalue weighted by Gasteiger charge is 2.27. The lowest BCUT2D eigenvalue weighted by molar-refractivity contribution is 0.0652. The topological polar surface area (TPSA) is 58.4 Å². The Hall–Kier alpha value is -1.36. The van der Waals surface area contributed by atoms with E-state index in [4.69, 9.17) is 5.11 Å². The molecule has 0 radical (unpaired) electrons. The standard InChI is InChI=1S/C14H23N3O2/c1-10-13(11(2)16(3)15-10)14(19)17-7-4-5-12(9-17)6-8-18/h12,18H,4-9H2,1-3H3. The summed E-state index contributed by atoms with van der Waals surface area (Å²) >= 11 is 0. The third-order valence-electron chi connectivity index (χ3n) is 4.07. The first-order valence-corrected chi connectivity index (χ1v) is 6.95. The number of carbonyl (C=O) groups excluding carboxylic acids is 1. The highest BCUT2D eigenvalue weighted by molar-refractivity contribution is 5.96. The molecular formula is C14H23N3O2. The Bertz CT molecular complexity index is 466. The Kier molecular flexibility index (Phi) is 4.24. The van der Waals surface area contributed by atoms with Crippen LogP contribution in [0.2, 0.25) is 0 Å². The van der Waals surface area contributed by atoms with Crippen LogP contribution in [0.3, 0.4) is 0 Å². The van der Waals surface area contributed by atoms with Crippen LogP contribution in [0.5, 0.6) is 0 Å². The Labute approximate surface area is 114 Å². The van der Waals surface area contributed by atoms with Gasteiger partial charge in [0.15, 0.2) is 0 Å².